The topological polar surface area (TPSA) is 36.7 Å². The van der Waals surface area contributed by atoms with E-state index in [1.165, 1.54) is 0 Å². The molecule has 0 amide bonds. The summed E-state index contributed by atoms with van der Waals surface area (Å²) >= 11 is 11.6. The SMILES string of the molecule is N#C/C(=C\c1cccc(Cl)c1)c1ccc(Cl)nc1. The van der Waals surface area contributed by atoms with Gasteiger partial charge in [0.15, 0.2) is 0 Å². The smallest absolute Gasteiger partial charge is 0.129 e. The minimum atomic E-state index is 0.402. The summed E-state index contributed by atoms with van der Waals surface area (Å²) in [5.74, 6) is 0. The highest BCUT2D eigenvalue weighted by molar-refractivity contribution is 6.30. The lowest BCUT2D eigenvalue weighted by Crippen LogP contribution is -1.84. The summed E-state index contributed by atoms with van der Waals surface area (Å²) in [7, 11) is 0. The number of pyridine rings is 1. The van der Waals surface area contributed by atoms with E-state index in [4.69, 9.17) is 28.5 Å². The van der Waals surface area contributed by atoms with Gasteiger partial charge in [0.05, 0.1) is 11.6 Å². The Morgan fingerprint density at radius 2 is 2.06 bits per heavy atom. The first-order chi connectivity index (χ1) is 8.69. The molecule has 0 saturated heterocycles. The van der Waals surface area contributed by atoms with E-state index >= 15 is 0 Å². The van der Waals surface area contributed by atoms with Crippen LogP contribution < -0.4 is 0 Å². The minimum absolute atomic E-state index is 0.402. The number of allylic oxidation sites excluding steroid dienone is 1. The molecular formula is C14H8Cl2N2. The summed E-state index contributed by atoms with van der Waals surface area (Å²) in [5.41, 5.74) is 2.11. The zero-order chi connectivity index (χ0) is 13.0. The number of hydrogen-bond acceptors (Lipinski definition) is 2. The van der Waals surface area contributed by atoms with E-state index < -0.39 is 0 Å². The molecule has 0 N–H and O–H groups in total. The van der Waals surface area contributed by atoms with Crippen LogP contribution >= 0.6 is 23.2 Å². The maximum atomic E-state index is 9.17. The van der Waals surface area contributed by atoms with E-state index in [0.717, 1.165) is 11.1 Å². The van der Waals surface area contributed by atoms with Gasteiger partial charge in [0.25, 0.3) is 0 Å². The Hall–Kier alpha value is -1.82. The van der Waals surface area contributed by atoms with Crippen LogP contribution in [-0.2, 0) is 0 Å². The number of benzene rings is 1. The summed E-state index contributed by atoms with van der Waals surface area (Å²) in [4.78, 5) is 3.95. The second-order valence-corrected chi connectivity index (χ2v) is 4.42. The molecule has 2 aromatic rings. The highest BCUT2D eigenvalue weighted by Crippen LogP contribution is 2.20. The minimum Gasteiger partial charge on any atom is -0.244 e. The molecule has 0 aliphatic carbocycles. The maximum absolute atomic E-state index is 9.17. The maximum Gasteiger partial charge on any atom is 0.129 e. The second kappa shape index (κ2) is 5.68. The van der Waals surface area contributed by atoms with Crippen LogP contribution in [0.25, 0.3) is 11.6 Å². The van der Waals surface area contributed by atoms with Crippen LogP contribution in [0.15, 0.2) is 42.6 Å². The van der Waals surface area contributed by atoms with Crippen LogP contribution in [0.2, 0.25) is 10.2 Å². The van der Waals surface area contributed by atoms with Gasteiger partial charge in [-0.3, -0.25) is 0 Å². The molecule has 1 heterocycles. The monoisotopic (exact) mass is 274 g/mol. The standard InChI is InChI=1S/C14H8Cl2N2/c15-13-3-1-2-10(7-13)6-12(8-17)11-4-5-14(16)18-9-11/h1-7,9H/b12-6+. The Balaban J connectivity index is 2.40. The van der Waals surface area contributed by atoms with Gasteiger partial charge in [-0.15, -0.1) is 0 Å². The molecule has 0 fully saturated rings. The zero-order valence-electron chi connectivity index (χ0n) is 9.27. The molecule has 2 rings (SSSR count). The zero-order valence-corrected chi connectivity index (χ0v) is 10.8. The van der Waals surface area contributed by atoms with Gasteiger partial charge in [-0.25, -0.2) is 4.98 Å². The van der Waals surface area contributed by atoms with Gasteiger partial charge in [0.1, 0.15) is 5.15 Å². The number of hydrogen-bond donors (Lipinski definition) is 0. The van der Waals surface area contributed by atoms with Crippen molar-refractivity contribution in [1.82, 2.24) is 4.98 Å². The van der Waals surface area contributed by atoms with Crippen molar-refractivity contribution in [3.63, 3.8) is 0 Å². The normalized spacial score (nSPS) is 11.1. The van der Waals surface area contributed by atoms with E-state index in [1.54, 1.807) is 36.5 Å². The molecule has 1 aromatic carbocycles. The Kier molecular flexibility index (Phi) is 3.99. The molecule has 0 spiro atoms. The third kappa shape index (κ3) is 3.10. The molecule has 88 valence electrons. The van der Waals surface area contributed by atoms with Crippen molar-refractivity contribution in [1.29, 1.82) is 5.26 Å². The van der Waals surface area contributed by atoms with E-state index in [9.17, 15) is 0 Å². The van der Waals surface area contributed by atoms with Crippen LogP contribution in [0.3, 0.4) is 0 Å². The molecule has 0 unspecified atom stereocenters. The first kappa shape index (κ1) is 12.6. The second-order valence-electron chi connectivity index (χ2n) is 3.59. The van der Waals surface area contributed by atoms with Crippen molar-refractivity contribution >= 4 is 34.9 Å². The van der Waals surface area contributed by atoms with Gasteiger partial charge in [0.2, 0.25) is 0 Å². The fourth-order valence-electron chi connectivity index (χ4n) is 1.48. The number of nitrogens with zero attached hydrogens (tertiary/aromatic N) is 2. The molecule has 0 aliphatic heterocycles. The van der Waals surface area contributed by atoms with Gasteiger partial charge in [-0.2, -0.15) is 5.26 Å². The fraction of sp³-hybridized carbons (Fsp3) is 0. The molecule has 0 atom stereocenters. The molecule has 18 heavy (non-hydrogen) atoms. The van der Waals surface area contributed by atoms with Gasteiger partial charge in [0, 0.05) is 16.8 Å². The molecule has 0 aliphatic rings. The molecule has 0 radical (unpaired) electrons. The van der Waals surface area contributed by atoms with Gasteiger partial charge < -0.3 is 0 Å². The molecule has 0 saturated carbocycles. The molecule has 1 aromatic heterocycles. The summed E-state index contributed by atoms with van der Waals surface area (Å²) < 4.78 is 0. The summed E-state index contributed by atoms with van der Waals surface area (Å²) in [6.07, 6.45) is 3.33. The predicted molar refractivity (Wildman–Crippen MR) is 74.2 cm³/mol. The molecular weight excluding hydrogens is 267 g/mol. The Morgan fingerprint density at radius 3 is 2.67 bits per heavy atom. The van der Waals surface area contributed by atoms with Crippen LogP contribution in [0, 0.1) is 11.3 Å². The quantitative estimate of drug-likeness (QED) is 0.599. The lowest BCUT2D eigenvalue weighted by molar-refractivity contribution is 1.31. The lowest BCUT2D eigenvalue weighted by Gasteiger charge is -2.00. The molecule has 0 bridgehead atoms. The summed E-state index contributed by atoms with van der Waals surface area (Å²) in [6.45, 7) is 0. The molecule has 2 nitrogen and oxygen atoms in total. The predicted octanol–water partition coefficient (Wildman–Crippen LogP) is 4.45. The van der Waals surface area contributed by atoms with Crippen molar-refractivity contribution in [2.75, 3.05) is 0 Å². The van der Waals surface area contributed by atoms with Gasteiger partial charge in [-0.1, -0.05) is 35.3 Å². The van der Waals surface area contributed by atoms with E-state index in [2.05, 4.69) is 11.1 Å². The van der Waals surface area contributed by atoms with Crippen LogP contribution in [-0.4, -0.2) is 4.98 Å². The van der Waals surface area contributed by atoms with Crippen LogP contribution in [0.1, 0.15) is 11.1 Å². The third-order valence-corrected chi connectivity index (χ3v) is 2.78. The highest BCUT2D eigenvalue weighted by atomic mass is 35.5. The van der Waals surface area contributed by atoms with Crippen molar-refractivity contribution in [3.05, 3.63) is 63.9 Å². The average Bonchev–Trinajstić information content (AvgIpc) is 2.37. The lowest BCUT2D eigenvalue weighted by atomic mass is 10.1. The van der Waals surface area contributed by atoms with Gasteiger partial charge >= 0.3 is 0 Å². The fourth-order valence-corrected chi connectivity index (χ4v) is 1.79. The van der Waals surface area contributed by atoms with E-state index in [-0.39, 0.29) is 0 Å². The number of halogens is 2. The van der Waals surface area contributed by atoms with E-state index in [0.29, 0.717) is 15.7 Å². The van der Waals surface area contributed by atoms with Crippen molar-refractivity contribution in [2.45, 2.75) is 0 Å². The Bertz CT molecular complexity index is 625. The highest BCUT2D eigenvalue weighted by Gasteiger charge is 2.02. The molecule has 4 heteroatoms. The largest absolute Gasteiger partial charge is 0.244 e. The Labute approximate surface area is 115 Å². The van der Waals surface area contributed by atoms with Gasteiger partial charge in [-0.05, 0) is 35.9 Å². The van der Waals surface area contributed by atoms with E-state index in [1.807, 2.05) is 12.1 Å². The number of nitriles is 1. The van der Waals surface area contributed by atoms with Crippen molar-refractivity contribution < 1.29 is 0 Å². The van der Waals surface area contributed by atoms with Crippen molar-refractivity contribution in [2.24, 2.45) is 0 Å². The Morgan fingerprint density at radius 1 is 1.22 bits per heavy atom. The summed E-state index contributed by atoms with van der Waals surface area (Å²) in [6, 6.07) is 12.9. The summed E-state index contributed by atoms with van der Waals surface area (Å²) in [5, 5.41) is 10.2. The number of aromatic nitrogens is 1. The third-order valence-electron chi connectivity index (χ3n) is 2.32. The van der Waals surface area contributed by atoms with Crippen LogP contribution in [0.5, 0.6) is 0 Å². The van der Waals surface area contributed by atoms with Crippen LogP contribution in [0.4, 0.5) is 0 Å². The van der Waals surface area contributed by atoms with Crippen molar-refractivity contribution in [3.8, 4) is 6.07 Å². The first-order valence-electron chi connectivity index (χ1n) is 5.18. The first-order valence-corrected chi connectivity index (χ1v) is 5.94. The number of rotatable bonds is 2. The average molecular weight is 275 g/mol.